The molecular weight excluding hydrogens is 398 g/mol. The quantitative estimate of drug-likeness (QED) is 0.647. The van der Waals surface area contributed by atoms with E-state index in [4.69, 9.17) is 5.73 Å². The summed E-state index contributed by atoms with van der Waals surface area (Å²) in [5, 5.41) is 0. The highest BCUT2D eigenvalue weighted by Gasteiger charge is 2.23. The Labute approximate surface area is 176 Å². The van der Waals surface area contributed by atoms with Crippen molar-refractivity contribution in [3.05, 3.63) is 54.5 Å². The molecule has 0 bridgehead atoms. The van der Waals surface area contributed by atoms with Crippen LogP contribution in [0.5, 0.6) is 0 Å². The Bertz CT molecular complexity index is 1140. The van der Waals surface area contributed by atoms with E-state index in [1.165, 1.54) is 6.42 Å². The van der Waals surface area contributed by atoms with Gasteiger partial charge < -0.3 is 5.73 Å². The molecule has 1 fully saturated rings. The summed E-state index contributed by atoms with van der Waals surface area (Å²) >= 11 is 0. The largest absolute Gasteiger partial charge is 0.382 e. The first kappa shape index (κ1) is 20.4. The Morgan fingerprint density at radius 3 is 2.63 bits per heavy atom. The van der Waals surface area contributed by atoms with E-state index in [1.807, 2.05) is 13.0 Å². The number of hydrogen-bond donors (Lipinski definition) is 2. The predicted molar refractivity (Wildman–Crippen MR) is 117 cm³/mol. The van der Waals surface area contributed by atoms with Crippen molar-refractivity contribution in [2.75, 3.05) is 5.73 Å². The number of aryl methyl sites for hydroxylation is 1. The molecule has 1 aliphatic carbocycles. The highest BCUT2D eigenvalue weighted by Crippen LogP contribution is 2.29. The van der Waals surface area contributed by atoms with E-state index in [1.54, 1.807) is 42.9 Å². The van der Waals surface area contributed by atoms with Gasteiger partial charge in [-0.1, -0.05) is 25.3 Å². The van der Waals surface area contributed by atoms with Crippen molar-refractivity contribution in [3.8, 4) is 22.5 Å². The Morgan fingerprint density at radius 1 is 1.10 bits per heavy atom. The Hall–Kier alpha value is -2.84. The highest BCUT2D eigenvalue weighted by molar-refractivity contribution is 7.89. The van der Waals surface area contributed by atoms with Crippen LogP contribution in [-0.4, -0.2) is 29.4 Å². The lowest BCUT2D eigenvalue weighted by Gasteiger charge is -2.22. The second-order valence-corrected chi connectivity index (χ2v) is 9.38. The fourth-order valence-corrected chi connectivity index (χ4v) is 5.13. The minimum atomic E-state index is -3.61. The van der Waals surface area contributed by atoms with E-state index in [2.05, 4.69) is 19.7 Å². The molecule has 0 saturated heterocycles. The lowest BCUT2D eigenvalue weighted by Crippen LogP contribution is -2.36. The normalized spacial score (nSPS) is 15.2. The molecule has 3 N–H and O–H groups in total. The van der Waals surface area contributed by atoms with Crippen LogP contribution in [0.1, 0.15) is 37.7 Å². The van der Waals surface area contributed by atoms with Crippen molar-refractivity contribution in [2.24, 2.45) is 0 Å². The van der Waals surface area contributed by atoms with Gasteiger partial charge in [0.2, 0.25) is 10.0 Å². The number of nitrogens with one attached hydrogen (secondary N) is 1. The summed E-state index contributed by atoms with van der Waals surface area (Å²) in [4.78, 5) is 13.3. The van der Waals surface area contributed by atoms with E-state index >= 15 is 0 Å². The standard InChI is InChI=1S/C22H25N5O2S/c1-15-9-10-18(30(28,29)27-17-7-3-2-4-8-17)12-19(15)20-14-25-22(23)21(26-20)16-6-5-11-24-13-16/h5-6,9-14,17,27H,2-4,7-8H2,1H3,(H2,23,25). The molecule has 8 heteroatoms. The first-order valence-electron chi connectivity index (χ1n) is 10.1. The first-order valence-corrected chi connectivity index (χ1v) is 11.6. The highest BCUT2D eigenvalue weighted by atomic mass is 32.2. The van der Waals surface area contributed by atoms with Gasteiger partial charge in [-0.2, -0.15) is 0 Å². The number of nitrogen functional groups attached to an aromatic ring is 1. The van der Waals surface area contributed by atoms with Crippen LogP contribution in [0.25, 0.3) is 22.5 Å². The van der Waals surface area contributed by atoms with E-state index < -0.39 is 10.0 Å². The summed E-state index contributed by atoms with van der Waals surface area (Å²) < 4.78 is 28.8. The Morgan fingerprint density at radius 2 is 1.90 bits per heavy atom. The maximum Gasteiger partial charge on any atom is 0.240 e. The van der Waals surface area contributed by atoms with Gasteiger partial charge in [-0.15, -0.1) is 0 Å². The van der Waals surface area contributed by atoms with Gasteiger partial charge in [0.1, 0.15) is 11.5 Å². The van der Waals surface area contributed by atoms with Gasteiger partial charge in [-0.05, 0) is 49.6 Å². The molecule has 0 amide bonds. The van der Waals surface area contributed by atoms with Crippen LogP contribution in [0.2, 0.25) is 0 Å². The number of hydrogen-bond acceptors (Lipinski definition) is 6. The smallest absolute Gasteiger partial charge is 0.240 e. The van der Waals surface area contributed by atoms with Crippen molar-refractivity contribution < 1.29 is 8.42 Å². The number of nitrogens with two attached hydrogens (primary N) is 1. The molecule has 1 aliphatic rings. The molecule has 1 aromatic carbocycles. The van der Waals surface area contributed by atoms with Crippen molar-refractivity contribution in [1.82, 2.24) is 19.7 Å². The van der Waals surface area contributed by atoms with Crippen LogP contribution < -0.4 is 10.5 Å². The third-order valence-electron chi connectivity index (χ3n) is 5.46. The van der Waals surface area contributed by atoms with Crippen LogP contribution in [0.4, 0.5) is 5.82 Å². The molecule has 3 aromatic rings. The summed E-state index contributed by atoms with van der Waals surface area (Å²) in [5.41, 5.74) is 9.49. The number of anilines is 1. The molecule has 0 radical (unpaired) electrons. The second kappa shape index (κ2) is 8.49. The molecule has 0 spiro atoms. The lowest BCUT2D eigenvalue weighted by atomic mass is 9.96. The minimum Gasteiger partial charge on any atom is -0.382 e. The van der Waals surface area contributed by atoms with Gasteiger partial charge in [0.15, 0.2) is 0 Å². The number of aromatic nitrogens is 3. The van der Waals surface area contributed by atoms with Gasteiger partial charge in [-0.25, -0.2) is 23.1 Å². The Balaban J connectivity index is 1.70. The molecule has 0 unspecified atom stereocenters. The fraction of sp³-hybridized carbons (Fsp3) is 0.318. The van der Waals surface area contributed by atoms with Gasteiger partial charge >= 0.3 is 0 Å². The number of sulfonamides is 1. The summed E-state index contributed by atoms with van der Waals surface area (Å²) in [5.74, 6) is 0.298. The maximum atomic E-state index is 13.0. The van der Waals surface area contributed by atoms with Gasteiger partial charge in [-0.3, -0.25) is 4.98 Å². The van der Waals surface area contributed by atoms with Gasteiger partial charge in [0, 0.05) is 29.6 Å². The van der Waals surface area contributed by atoms with E-state index in [0.717, 1.165) is 36.8 Å². The summed E-state index contributed by atoms with van der Waals surface area (Å²) in [6.07, 6.45) is 9.98. The summed E-state index contributed by atoms with van der Waals surface area (Å²) in [6, 6.07) is 8.76. The Kier molecular flexibility index (Phi) is 5.78. The topological polar surface area (TPSA) is 111 Å². The minimum absolute atomic E-state index is 0.00185. The zero-order valence-electron chi connectivity index (χ0n) is 16.9. The molecule has 7 nitrogen and oxygen atoms in total. The predicted octanol–water partition coefficient (Wildman–Crippen LogP) is 3.71. The first-order chi connectivity index (χ1) is 14.4. The molecule has 2 aromatic heterocycles. The number of rotatable bonds is 5. The molecule has 30 heavy (non-hydrogen) atoms. The van der Waals surface area contributed by atoms with Crippen molar-refractivity contribution in [1.29, 1.82) is 0 Å². The van der Waals surface area contributed by atoms with Crippen molar-refractivity contribution in [3.63, 3.8) is 0 Å². The van der Waals surface area contributed by atoms with Crippen molar-refractivity contribution >= 4 is 15.8 Å². The van der Waals surface area contributed by atoms with Crippen LogP contribution >= 0.6 is 0 Å². The number of benzene rings is 1. The fourth-order valence-electron chi connectivity index (χ4n) is 3.80. The van der Waals surface area contributed by atoms with E-state index in [9.17, 15) is 8.42 Å². The monoisotopic (exact) mass is 423 g/mol. The SMILES string of the molecule is Cc1ccc(S(=O)(=O)NC2CCCCC2)cc1-c1cnc(N)c(-c2cccnc2)n1. The molecular formula is C22H25N5O2S. The van der Waals surface area contributed by atoms with Gasteiger partial charge in [0.05, 0.1) is 16.8 Å². The number of nitrogens with zero attached hydrogens (tertiary/aromatic N) is 3. The molecule has 156 valence electrons. The second-order valence-electron chi connectivity index (χ2n) is 7.66. The summed E-state index contributed by atoms with van der Waals surface area (Å²) in [7, 11) is -3.61. The number of pyridine rings is 1. The zero-order valence-corrected chi connectivity index (χ0v) is 17.7. The zero-order chi connectivity index (χ0) is 21.1. The molecule has 0 aliphatic heterocycles. The van der Waals surface area contributed by atoms with Crippen LogP contribution in [0.15, 0.2) is 53.8 Å². The van der Waals surface area contributed by atoms with Crippen LogP contribution in [0.3, 0.4) is 0 Å². The van der Waals surface area contributed by atoms with Crippen molar-refractivity contribution in [2.45, 2.75) is 50.0 Å². The molecule has 2 heterocycles. The molecule has 0 atom stereocenters. The van der Waals surface area contributed by atoms with Crippen LogP contribution in [-0.2, 0) is 10.0 Å². The average Bonchev–Trinajstić information content (AvgIpc) is 2.75. The third kappa shape index (κ3) is 4.34. The molecule has 1 saturated carbocycles. The lowest BCUT2D eigenvalue weighted by molar-refractivity contribution is 0.412. The average molecular weight is 424 g/mol. The van der Waals surface area contributed by atoms with E-state index in [0.29, 0.717) is 22.8 Å². The third-order valence-corrected chi connectivity index (χ3v) is 6.98. The van der Waals surface area contributed by atoms with Gasteiger partial charge in [0.25, 0.3) is 0 Å². The van der Waals surface area contributed by atoms with E-state index in [-0.39, 0.29) is 10.9 Å². The molecule has 4 rings (SSSR count). The maximum absolute atomic E-state index is 13.0. The van der Waals surface area contributed by atoms with Crippen LogP contribution in [0, 0.1) is 6.92 Å². The summed E-state index contributed by atoms with van der Waals surface area (Å²) in [6.45, 7) is 1.92.